The van der Waals surface area contributed by atoms with Crippen molar-refractivity contribution >= 4 is 45.6 Å². The van der Waals surface area contributed by atoms with Gasteiger partial charge in [0.2, 0.25) is 0 Å². The van der Waals surface area contributed by atoms with Crippen LogP contribution in [0.25, 0.3) is 21.8 Å². The first-order chi connectivity index (χ1) is 8.22. The van der Waals surface area contributed by atoms with Gasteiger partial charge in [0.15, 0.2) is 0 Å². The summed E-state index contributed by atoms with van der Waals surface area (Å²) in [6.07, 6.45) is 0. The Kier molecular flexibility index (Phi) is 2.05. The molecule has 0 aliphatic carbocycles. The predicted molar refractivity (Wildman–Crippen MR) is 67.9 cm³/mol. The highest BCUT2D eigenvalue weighted by atomic mass is 32.1. The molecule has 3 aromatic rings. The first-order valence-corrected chi connectivity index (χ1v) is 5.36. The van der Waals surface area contributed by atoms with Gasteiger partial charge >= 0.3 is 0 Å². The maximum absolute atomic E-state index is 6.05. The molecule has 3 rings (SSSR count). The van der Waals surface area contributed by atoms with E-state index in [2.05, 4.69) is 14.7 Å². The minimum Gasteiger partial charge on any atom is -0.396 e. The van der Waals surface area contributed by atoms with Gasteiger partial charge in [0, 0.05) is 23.2 Å². The quantitative estimate of drug-likeness (QED) is 0.666. The number of fused-ring (bicyclic) bond motifs is 3. The normalized spacial score (nSPS) is 11.1. The van der Waals surface area contributed by atoms with Crippen LogP contribution in [0.3, 0.4) is 0 Å². The van der Waals surface area contributed by atoms with E-state index in [0.29, 0.717) is 22.4 Å². The summed E-state index contributed by atoms with van der Waals surface area (Å²) in [5, 5.41) is 9.45. The summed E-state index contributed by atoms with van der Waals surface area (Å²) in [6, 6.07) is 5.64. The number of benzene rings is 2. The van der Waals surface area contributed by atoms with Gasteiger partial charge in [0.25, 0.3) is 0 Å². The Morgan fingerprint density at radius 3 is 2.88 bits per heavy atom. The zero-order valence-corrected chi connectivity index (χ0v) is 9.78. The topological polar surface area (TPSA) is 77.3 Å². The summed E-state index contributed by atoms with van der Waals surface area (Å²) < 4.78 is 8.51. The maximum atomic E-state index is 6.05. The number of nitrogens with zero attached hydrogens (tertiary/aromatic N) is 3. The molecule has 0 saturated carbocycles. The molecule has 6 heteroatoms. The summed E-state index contributed by atoms with van der Waals surface area (Å²) in [7, 11) is 0. The number of anilines is 1. The van der Waals surface area contributed by atoms with Crippen molar-refractivity contribution in [2.24, 2.45) is 4.36 Å². The molecule has 5 nitrogen and oxygen atoms in total. The van der Waals surface area contributed by atoms with Crippen molar-refractivity contribution in [2.75, 3.05) is 5.73 Å². The van der Waals surface area contributed by atoms with Crippen molar-refractivity contribution in [1.82, 2.24) is 10.3 Å². The van der Waals surface area contributed by atoms with Gasteiger partial charge in [-0.1, -0.05) is 0 Å². The highest BCUT2D eigenvalue weighted by Crippen LogP contribution is 2.36. The highest BCUT2D eigenvalue weighted by Gasteiger charge is 2.12. The number of aromatic nitrogens is 2. The van der Waals surface area contributed by atoms with Crippen LogP contribution in [0.15, 0.2) is 27.2 Å². The number of aryl methyl sites for hydroxylation is 1. The lowest BCUT2D eigenvalue weighted by atomic mass is 10.0. The van der Waals surface area contributed by atoms with E-state index in [4.69, 9.17) is 22.8 Å². The molecule has 2 aromatic carbocycles. The Morgan fingerprint density at radius 1 is 1.29 bits per heavy atom. The van der Waals surface area contributed by atoms with E-state index < -0.39 is 0 Å². The number of hydrogen-bond acceptors (Lipinski definition) is 6. The van der Waals surface area contributed by atoms with Crippen LogP contribution >= 0.6 is 0 Å². The fraction of sp³-hybridized carbons (Fsp3) is 0.0909. The van der Waals surface area contributed by atoms with E-state index in [1.54, 1.807) is 0 Å². The zero-order valence-electron chi connectivity index (χ0n) is 8.97. The van der Waals surface area contributed by atoms with Gasteiger partial charge in [-0.3, -0.25) is 0 Å². The second kappa shape index (κ2) is 3.46. The minimum atomic E-state index is 0.569. The first kappa shape index (κ1) is 10.1. The summed E-state index contributed by atoms with van der Waals surface area (Å²) in [5.74, 6) is 0. The highest BCUT2D eigenvalue weighted by molar-refractivity contribution is 7.47. The molecule has 0 unspecified atom stereocenters. The Labute approximate surface area is 102 Å². The number of nitrogen functional groups attached to an aromatic ring is 1. The van der Waals surface area contributed by atoms with Gasteiger partial charge in [0.1, 0.15) is 16.7 Å². The third kappa shape index (κ3) is 1.31. The van der Waals surface area contributed by atoms with Gasteiger partial charge in [-0.05, 0) is 41.0 Å². The van der Waals surface area contributed by atoms with Crippen molar-refractivity contribution in [1.29, 1.82) is 0 Å². The van der Waals surface area contributed by atoms with Crippen molar-refractivity contribution in [2.45, 2.75) is 6.92 Å². The Balaban J connectivity index is 2.58. The molecule has 1 heterocycles. The van der Waals surface area contributed by atoms with Crippen LogP contribution in [0, 0.1) is 6.92 Å². The van der Waals surface area contributed by atoms with Crippen LogP contribution in [-0.2, 0) is 12.4 Å². The predicted octanol–water partition coefficient (Wildman–Crippen LogP) is 2.63. The monoisotopic (exact) mass is 244 g/mol. The second-order valence-electron chi connectivity index (χ2n) is 3.84. The van der Waals surface area contributed by atoms with Crippen molar-refractivity contribution in [3.63, 3.8) is 0 Å². The Morgan fingerprint density at radius 2 is 2.12 bits per heavy atom. The standard InChI is InChI=1S/C11H8N4OS/c1-5-4-7-6(9(12)10(5)15-17)2-3-8-11(7)14-16-13-8/h2-4H,12H2,1H3. The number of rotatable bonds is 1. The van der Waals surface area contributed by atoms with E-state index in [1.807, 2.05) is 25.1 Å². The summed E-state index contributed by atoms with van der Waals surface area (Å²) in [6.45, 7) is 1.91. The van der Waals surface area contributed by atoms with Gasteiger partial charge < -0.3 is 5.73 Å². The lowest BCUT2D eigenvalue weighted by molar-refractivity contribution is 0.316. The van der Waals surface area contributed by atoms with E-state index in [0.717, 1.165) is 16.3 Å². The molecule has 0 amide bonds. The maximum Gasteiger partial charge on any atom is 0.143 e. The van der Waals surface area contributed by atoms with E-state index in [9.17, 15) is 0 Å². The molecular weight excluding hydrogens is 236 g/mol. The summed E-state index contributed by atoms with van der Waals surface area (Å²) in [5.41, 5.74) is 9.59. The van der Waals surface area contributed by atoms with E-state index in [-0.39, 0.29) is 0 Å². The number of nitrogens with two attached hydrogens (primary N) is 1. The molecule has 0 aliphatic heterocycles. The average molecular weight is 244 g/mol. The SMILES string of the molecule is Cc1cc2c(ccc3nonc32)c(N)c1N=S. The second-order valence-corrected chi connectivity index (χ2v) is 4.02. The number of hydrogen-bond donors (Lipinski definition) is 1. The molecule has 0 bridgehead atoms. The molecule has 1 aromatic heterocycles. The molecular formula is C11H8N4OS. The average Bonchev–Trinajstić information content (AvgIpc) is 2.77. The molecule has 0 saturated heterocycles. The molecule has 0 spiro atoms. The molecule has 0 fully saturated rings. The van der Waals surface area contributed by atoms with Gasteiger partial charge in [0.05, 0.1) is 5.69 Å². The van der Waals surface area contributed by atoms with Crippen molar-refractivity contribution in [3.05, 3.63) is 23.8 Å². The van der Waals surface area contributed by atoms with E-state index >= 15 is 0 Å². The van der Waals surface area contributed by atoms with Crippen LogP contribution in [0.5, 0.6) is 0 Å². The van der Waals surface area contributed by atoms with Crippen molar-refractivity contribution < 1.29 is 4.63 Å². The van der Waals surface area contributed by atoms with Gasteiger partial charge in [-0.2, -0.15) is 4.36 Å². The Hall–Kier alpha value is -2.08. The minimum absolute atomic E-state index is 0.569. The molecule has 0 atom stereocenters. The van der Waals surface area contributed by atoms with Crippen molar-refractivity contribution in [3.8, 4) is 0 Å². The zero-order chi connectivity index (χ0) is 12.0. The van der Waals surface area contributed by atoms with Crippen LogP contribution in [0.4, 0.5) is 11.4 Å². The summed E-state index contributed by atoms with van der Waals surface area (Å²) >= 11 is 4.73. The van der Waals surface area contributed by atoms with Crippen LogP contribution in [0.2, 0.25) is 0 Å². The van der Waals surface area contributed by atoms with Crippen LogP contribution in [-0.4, -0.2) is 10.3 Å². The van der Waals surface area contributed by atoms with Crippen LogP contribution < -0.4 is 5.73 Å². The molecule has 17 heavy (non-hydrogen) atoms. The smallest absolute Gasteiger partial charge is 0.143 e. The van der Waals surface area contributed by atoms with Crippen LogP contribution in [0.1, 0.15) is 5.56 Å². The molecule has 84 valence electrons. The third-order valence-electron chi connectivity index (χ3n) is 2.84. The fourth-order valence-electron chi connectivity index (χ4n) is 2.00. The Bertz CT molecular complexity index is 750. The molecule has 0 radical (unpaired) electrons. The summed E-state index contributed by atoms with van der Waals surface area (Å²) in [4.78, 5) is 0. The third-order valence-corrected chi connectivity index (χ3v) is 3.02. The molecule has 0 aliphatic rings. The lowest BCUT2D eigenvalue weighted by Crippen LogP contribution is -1.91. The lowest BCUT2D eigenvalue weighted by Gasteiger charge is -2.07. The largest absolute Gasteiger partial charge is 0.396 e. The van der Waals surface area contributed by atoms with Gasteiger partial charge in [-0.25, -0.2) is 4.63 Å². The first-order valence-electron chi connectivity index (χ1n) is 5.00. The molecule has 2 N–H and O–H groups in total. The fourth-order valence-corrected chi connectivity index (χ4v) is 2.24. The van der Waals surface area contributed by atoms with Gasteiger partial charge in [-0.15, -0.1) is 0 Å². The van der Waals surface area contributed by atoms with E-state index in [1.165, 1.54) is 0 Å².